The zero-order valence-corrected chi connectivity index (χ0v) is 14.6. The van der Waals surface area contributed by atoms with Crippen molar-refractivity contribution in [2.24, 2.45) is 7.05 Å². The highest BCUT2D eigenvalue weighted by Gasteiger charge is 2.40. The summed E-state index contributed by atoms with van der Waals surface area (Å²) >= 11 is 0. The molecule has 0 bridgehead atoms. The van der Waals surface area contributed by atoms with E-state index in [4.69, 9.17) is 4.74 Å². The van der Waals surface area contributed by atoms with Crippen LogP contribution in [0.25, 0.3) is 0 Å². The summed E-state index contributed by atoms with van der Waals surface area (Å²) in [5, 5.41) is 6.97. The molecular formula is C18H22N4O3. The maximum atomic E-state index is 12.7. The monoisotopic (exact) mass is 342 g/mol. The maximum Gasteiger partial charge on any atom is 0.251 e. The molecule has 0 spiro atoms. The van der Waals surface area contributed by atoms with E-state index in [9.17, 15) is 9.59 Å². The van der Waals surface area contributed by atoms with Gasteiger partial charge in [0.2, 0.25) is 5.91 Å². The smallest absolute Gasteiger partial charge is 0.251 e. The average molecular weight is 342 g/mol. The number of ether oxygens (including phenoxy) is 1. The molecular weight excluding hydrogens is 320 g/mol. The van der Waals surface area contributed by atoms with E-state index in [-0.39, 0.29) is 18.4 Å². The second kappa shape index (κ2) is 7.06. The molecule has 1 N–H and O–H groups in total. The number of benzene rings is 1. The predicted molar refractivity (Wildman–Crippen MR) is 91.5 cm³/mol. The number of amides is 2. The zero-order chi connectivity index (χ0) is 18.0. The van der Waals surface area contributed by atoms with Crippen LogP contribution in [0.1, 0.15) is 22.7 Å². The second-order valence-corrected chi connectivity index (χ2v) is 6.28. The fraction of sp³-hybridized carbons (Fsp3) is 0.389. The van der Waals surface area contributed by atoms with Gasteiger partial charge in [-0.15, -0.1) is 0 Å². The third kappa shape index (κ3) is 3.56. The van der Waals surface area contributed by atoms with E-state index in [0.717, 1.165) is 16.7 Å². The highest BCUT2D eigenvalue weighted by molar-refractivity contribution is 5.86. The summed E-state index contributed by atoms with van der Waals surface area (Å²) in [7, 11) is 3.54. The first-order valence-corrected chi connectivity index (χ1v) is 8.15. The molecule has 132 valence electrons. The topological polar surface area (TPSA) is 76.5 Å². The van der Waals surface area contributed by atoms with Crippen LogP contribution >= 0.6 is 0 Å². The van der Waals surface area contributed by atoms with Crippen molar-refractivity contribution in [3.05, 3.63) is 53.3 Å². The second-order valence-electron chi connectivity index (χ2n) is 6.28. The lowest BCUT2D eigenvalue weighted by molar-refractivity contribution is -0.162. The molecule has 2 atom stereocenters. The van der Waals surface area contributed by atoms with Crippen LogP contribution in [0.2, 0.25) is 0 Å². The van der Waals surface area contributed by atoms with Gasteiger partial charge in [-0.05, 0) is 18.1 Å². The molecule has 1 aliphatic heterocycles. The van der Waals surface area contributed by atoms with Crippen molar-refractivity contribution in [3.63, 3.8) is 0 Å². The Morgan fingerprint density at radius 2 is 2.12 bits per heavy atom. The average Bonchev–Trinajstić information content (AvgIpc) is 3.01. The van der Waals surface area contributed by atoms with Crippen molar-refractivity contribution >= 4 is 11.8 Å². The van der Waals surface area contributed by atoms with E-state index < -0.39 is 12.1 Å². The van der Waals surface area contributed by atoms with Gasteiger partial charge in [0, 0.05) is 32.4 Å². The van der Waals surface area contributed by atoms with E-state index in [1.165, 1.54) is 0 Å². The molecule has 7 heteroatoms. The molecule has 1 aromatic heterocycles. The number of nitrogens with one attached hydrogen (secondary N) is 1. The molecule has 1 saturated heterocycles. The van der Waals surface area contributed by atoms with Crippen molar-refractivity contribution in [1.29, 1.82) is 0 Å². The number of aryl methyl sites for hydroxylation is 2. The summed E-state index contributed by atoms with van der Waals surface area (Å²) < 4.78 is 7.30. The van der Waals surface area contributed by atoms with Crippen LogP contribution in [0, 0.1) is 6.92 Å². The summed E-state index contributed by atoms with van der Waals surface area (Å²) in [4.78, 5) is 26.4. The highest BCUT2D eigenvalue weighted by Crippen LogP contribution is 2.31. The first-order valence-electron chi connectivity index (χ1n) is 8.15. The number of hydrogen-bond donors (Lipinski definition) is 1. The van der Waals surface area contributed by atoms with Gasteiger partial charge in [-0.1, -0.05) is 24.3 Å². The molecule has 1 fully saturated rings. The zero-order valence-electron chi connectivity index (χ0n) is 14.6. The minimum absolute atomic E-state index is 0.0934. The van der Waals surface area contributed by atoms with Gasteiger partial charge in [-0.2, -0.15) is 5.10 Å². The SMILES string of the molecule is Cc1ccccc1C1C(C(=O)NCc2cnn(C)c2)OCC(=O)N1C. The van der Waals surface area contributed by atoms with Gasteiger partial charge >= 0.3 is 0 Å². The number of nitrogens with zero attached hydrogens (tertiary/aromatic N) is 3. The van der Waals surface area contributed by atoms with Gasteiger partial charge in [0.15, 0.2) is 6.10 Å². The number of rotatable bonds is 4. The molecule has 0 radical (unpaired) electrons. The van der Waals surface area contributed by atoms with Crippen LogP contribution in [0.15, 0.2) is 36.7 Å². The van der Waals surface area contributed by atoms with Crippen LogP contribution in [-0.4, -0.2) is 46.3 Å². The van der Waals surface area contributed by atoms with Crippen molar-refractivity contribution in [3.8, 4) is 0 Å². The summed E-state index contributed by atoms with van der Waals surface area (Å²) in [6.07, 6.45) is 2.80. The Labute approximate surface area is 146 Å². The summed E-state index contributed by atoms with van der Waals surface area (Å²) in [5.41, 5.74) is 2.84. The molecule has 2 heterocycles. The molecule has 25 heavy (non-hydrogen) atoms. The van der Waals surface area contributed by atoms with Crippen molar-refractivity contribution in [1.82, 2.24) is 20.0 Å². The van der Waals surface area contributed by atoms with Crippen molar-refractivity contribution < 1.29 is 14.3 Å². The van der Waals surface area contributed by atoms with Crippen LogP contribution in [0.4, 0.5) is 0 Å². The Kier molecular flexibility index (Phi) is 4.85. The van der Waals surface area contributed by atoms with Crippen LogP contribution in [-0.2, 0) is 27.9 Å². The van der Waals surface area contributed by atoms with E-state index >= 15 is 0 Å². The molecule has 3 rings (SSSR count). The Hall–Kier alpha value is -2.67. The Morgan fingerprint density at radius 1 is 1.36 bits per heavy atom. The predicted octanol–water partition coefficient (Wildman–Crippen LogP) is 0.943. The molecule has 2 aromatic rings. The molecule has 0 aliphatic carbocycles. The van der Waals surface area contributed by atoms with Crippen molar-refractivity contribution in [2.45, 2.75) is 25.6 Å². The fourth-order valence-electron chi connectivity index (χ4n) is 3.07. The van der Waals surface area contributed by atoms with Crippen LogP contribution < -0.4 is 5.32 Å². The molecule has 2 amide bonds. The third-order valence-corrected chi connectivity index (χ3v) is 4.47. The fourth-order valence-corrected chi connectivity index (χ4v) is 3.07. The number of carbonyl (C=O) groups is 2. The molecule has 0 saturated carbocycles. The summed E-state index contributed by atoms with van der Waals surface area (Å²) in [5.74, 6) is -0.374. The Bertz CT molecular complexity index is 786. The number of morpholine rings is 1. The van der Waals surface area contributed by atoms with E-state index in [0.29, 0.717) is 6.54 Å². The van der Waals surface area contributed by atoms with E-state index in [2.05, 4.69) is 10.4 Å². The number of carbonyl (C=O) groups excluding carboxylic acids is 2. The largest absolute Gasteiger partial charge is 0.356 e. The van der Waals surface area contributed by atoms with Crippen LogP contribution in [0.5, 0.6) is 0 Å². The van der Waals surface area contributed by atoms with Gasteiger partial charge in [0.1, 0.15) is 6.61 Å². The maximum absolute atomic E-state index is 12.7. The summed E-state index contributed by atoms with van der Waals surface area (Å²) in [6, 6.07) is 7.28. The van der Waals surface area contributed by atoms with Gasteiger partial charge in [0.25, 0.3) is 5.91 Å². The molecule has 1 aromatic carbocycles. The van der Waals surface area contributed by atoms with Gasteiger partial charge in [0.05, 0.1) is 12.2 Å². The lowest BCUT2D eigenvalue weighted by Crippen LogP contribution is -2.53. The normalized spacial score (nSPS) is 20.6. The van der Waals surface area contributed by atoms with Gasteiger partial charge in [-0.3, -0.25) is 14.3 Å². The minimum atomic E-state index is -0.750. The van der Waals surface area contributed by atoms with Gasteiger partial charge < -0.3 is 15.0 Å². The highest BCUT2D eigenvalue weighted by atomic mass is 16.5. The lowest BCUT2D eigenvalue weighted by atomic mass is 9.94. The lowest BCUT2D eigenvalue weighted by Gasteiger charge is -2.38. The van der Waals surface area contributed by atoms with Crippen molar-refractivity contribution in [2.75, 3.05) is 13.7 Å². The Balaban J connectivity index is 1.80. The number of likely N-dealkylation sites (N-methyl/N-ethyl adjacent to an activating group) is 1. The van der Waals surface area contributed by atoms with Gasteiger partial charge in [-0.25, -0.2) is 0 Å². The Morgan fingerprint density at radius 3 is 2.80 bits per heavy atom. The van der Waals surface area contributed by atoms with Crippen LogP contribution in [0.3, 0.4) is 0 Å². The molecule has 2 unspecified atom stereocenters. The minimum Gasteiger partial charge on any atom is -0.356 e. The van der Waals surface area contributed by atoms with E-state index in [1.807, 2.05) is 44.4 Å². The standard InChI is InChI=1S/C18H22N4O3/c1-12-6-4-5-7-14(12)16-17(25-11-15(23)22(16)3)18(24)19-8-13-9-20-21(2)10-13/h4-7,9-10,16-17H,8,11H2,1-3H3,(H,19,24). The first-order chi connectivity index (χ1) is 12.0. The number of aromatic nitrogens is 2. The molecule has 1 aliphatic rings. The quantitative estimate of drug-likeness (QED) is 0.897. The summed E-state index contributed by atoms with van der Waals surface area (Å²) in [6.45, 7) is 2.24. The van der Waals surface area contributed by atoms with E-state index in [1.54, 1.807) is 22.8 Å². The first kappa shape index (κ1) is 17.2. The molecule has 7 nitrogen and oxygen atoms in total. The number of hydrogen-bond acceptors (Lipinski definition) is 4. The third-order valence-electron chi connectivity index (χ3n) is 4.47.